The fourth-order valence-electron chi connectivity index (χ4n) is 4.55. The molecule has 3 heterocycles. The van der Waals surface area contributed by atoms with Gasteiger partial charge in [-0.05, 0) is 56.1 Å². The van der Waals surface area contributed by atoms with Crippen LogP contribution < -0.4 is 10.6 Å². The van der Waals surface area contributed by atoms with Crippen LogP contribution in [0.5, 0.6) is 0 Å². The highest BCUT2D eigenvalue weighted by molar-refractivity contribution is 6.28. The molecule has 1 aromatic heterocycles. The molecule has 0 spiro atoms. The molecule has 1 saturated heterocycles. The van der Waals surface area contributed by atoms with Gasteiger partial charge in [-0.15, -0.1) is 0 Å². The Morgan fingerprint density at radius 1 is 1.28 bits per heavy atom. The van der Waals surface area contributed by atoms with E-state index in [1.807, 2.05) is 0 Å². The highest BCUT2D eigenvalue weighted by Crippen LogP contribution is 2.37. The quantitative estimate of drug-likeness (QED) is 0.329. The van der Waals surface area contributed by atoms with Gasteiger partial charge in [0.1, 0.15) is 11.4 Å². The molecule has 1 aromatic carbocycles. The van der Waals surface area contributed by atoms with Gasteiger partial charge in [-0.1, -0.05) is 0 Å². The molecular weight excluding hydrogens is 505 g/mol. The first-order valence-corrected chi connectivity index (χ1v) is 11.5. The summed E-state index contributed by atoms with van der Waals surface area (Å²) in [5.74, 6) is 0.0535. The first-order chi connectivity index (χ1) is 16.9. The average Bonchev–Trinajstić information content (AvgIpc) is 3.27. The minimum atomic E-state index is -4.76. The van der Waals surface area contributed by atoms with Gasteiger partial charge in [-0.3, -0.25) is 14.9 Å². The molecule has 2 aromatic rings. The zero-order chi connectivity index (χ0) is 26.3. The topological polar surface area (TPSA) is 123 Å². The normalized spacial score (nSPS) is 18.0. The number of nitro groups is 1. The summed E-state index contributed by atoms with van der Waals surface area (Å²) in [4.78, 5) is 33.8. The van der Waals surface area contributed by atoms with E-state index in [0.717, 1.165) is 12.1 Å². The molecule has 194 valence electrons. The lowest BCUT2D eigenvalue weighted by atomic mass is 9.90. The number of hydrogen-bond donors (Lipinski definition) is 2. The molecule has 4 rings (SSSR count). The van der Waals surface area contributed by atoms with Crippen LogP contribution in [0.1, 0.15) is 48.2 Å². The number of piperidine rings is 1. The van der Waals surface area contributed by atoms with Crippen molar-refractivity contribution >= 4 is 29.0 Å². The lowest BCUT2D eigenvalue weighted by molar-refractivity contribution is -0.385. The maximum Gasteiger partial charge on any atom is 0.416 e. The van der Waals surface area contributed by atoms with Gasteiger partial charge in [0, 0.05) is 24.8 Å². The molecule has 0 bridgehead atoms. The molecule has 1 fully saturated rings. The summed E-state index contributed by atoms with van der Waals surface area (Å²) in [6, 6.07) is 1.61. The molecule has 2 aliphatic heterocycles. The number of rotatable bonds is 6. The van der Waals surface area contributed by atoms with Gasteiger partial charge in [0.2, 0.25) is 5.28 Å². The van der Waals surface area contributed by atoms with Gasteiger partial charge in [-0.25, -0.2) is 9.97 Å². The van der Waals surface area contributed by atoms with E-state index in [1.165, 1.54) is 7.11 Å². The molecule has 10 nitrogen and oxygen atoms in total. The van der Waals surface area contributed by atoms with Crippen molar-refractivity contribution in [3.05, 3.63) is 56.0 Å². The van der Waals surface area contributed by atoms with Gasteiger partial charge in [-0.2, -0.15) is 13.2 Å². The summed E-state index contributed by atoms with van der Waals surface area (Å²) in [5.41, 5.74) is -1.64. The fraction of sp³-hybridized carbons (Fsp3) is 0.500. The van der Waals surface area contributed by atoms with Crippen molar-refractivity contribution < 1.29 is 27.6 Å². The molecule has 0 radical (unpaired) electrons. The van der Waals surface area contributed by atoms with Crippen molar-refractivity contribution in [2.75, 3.05) is 25.5 Å². The summed E-state index contributed by atoms with van der Waals surface area (Å²) >= 11 is 6.10. The number of anilines is 1. The SMILES string of the molecule is COC1(C(=O)N2Cc3nc(Cl)nc(N[C@H](C)c4cc([N+](=O)[O-])cc(C(F)(F)F)c4)c3C2)CCNCC1. The number of hydrogen-bond acceptors (Lipinski definition) is 8. The maximum absolute atomic E-state index is 13.4. The van der Waals surface area contributed by atoms with E-state index in [1.54, 1.807) is 11.8 Å². The third kappa shape index (κ3) is 5.08. The molecule has 2 aliphatic rings. The van der Waals surface area contributed by atoms with Crippen LogP contribution in [0.3, 0.4) is 0 Å². The summed E-state index contributed by atoms with van der Waals surface area (Å²) in [5, 5.41) is 17.3. The predicted molar refractivity (Wildman–Crippen MR) is 123 cm³/mol. The van der Waals surface area contributed by atoms with Gasteiger partial charge in [0.25, 0.3) is 11.6 Å². The number of carbonyl (C=O) groups is 1. The highest BCUT2D eigenvalue weighted by atomic mass is 35.5. The molecular formula is C22H24ClF3N6O4. The van der Waals surface area contributed by atoms with Crippen LogP contribution in [-0.4, -0.2) is 51.5 Å². The minimum Gasteiger partial charge on any atom is -0.368 e. The Labute approximate surface area is 209 Å². The maximum atomic E-state index is 13.4. The van der Waals surface area contributed by atoms with Crippen molar-refractivity contribution in [3.63, 3.8) is 0 Å². The standard InChI is InChI=1S/C22H24ClF3N6O4/c1-12(13-7-14(22(24,25)26)9-15(8-13)32(34)35)28-18-16-10-31(11-17(16)29-20(23)30-18)19(33)21(36-2)3-5-27-6-4-21/h7-9,12,27H,3-6,10-11H2,1-2H3,(H,28,29,30)/t12-/m1/s1. The second kappa shape index (κ2) is 9.79. The second-order valence-electron chi connectivity index (χ2n) is 8.81. The fourth-order valence-corrected chi connectivity index (χ4v) is 4.74. The molecule has 0 aliphatic carbocycles. The van der Waals surface area contributed by atoms with Crippen molar-refractivity contribution in [1.29, 1.82) is 0 Å². The zero-order valence-electron chi connectivity index (χ0n) is 19.5. The molecule has 36 heavy (non-hydrogen) atoms. The van der Waals surface area contributed by atoms with Crippen LogP contribution in [0.15, 0.2) is 18.2 Å². The zero-order valence-corrected chi connectivity index (χ0v) is 20.2. The minimum absolute atomic E-state index is 0.0407. The lowest BCUT2D eigenvalue weighted by Gasteiger charge is -2.37. The van der Waals surface area contributed by atoms with Gasteiger partial charge in [0.15, 0.2) is 0 Å². The number of nitrogens with one attached hydrogen (secondary N) is 2. The van der Waals surface area contributed by atoms with E-state index in [0.29, 0.717) is 43.3 Å². The number of nitrogens with zero attached hydrogens (tertiary/aromatic N) is 4. The smallest absolute Gasteiger partial charge is 0.368 e. The van der Waals surface area contributed by atoms with E-state index in [4.69, 9.17) is 16.3 Å². The lowest BCUT2D eigenvalue weighted by Crippen LogP contribution is -2.54. The largest absolute Gasteiger partial charge is 0.416 e. The van der Waals surface area contributed by atoms with Gasteiger partial charge in [0.05, 0.1) is 35.3 Å². The molecule has 14 heteroatoms. The second-order valence-corrected chi connectivity index (χ2v) is 9.15. The first-order valence-electron chi connectivity index (χ1n) is 11.2. The average molecular weight is 529 g/mol. The van der Waals surface area contributed by atoms with Gasteiger partial charge >= 0.3 is 6.18 Å². The molecule has 1 atom stereocenters. The predicted octanol–water partition coefficient (Wildman–Crippen LogP) is 3.84. The van der Waals surface area contributed by atoms with E-state index < -0.39 is 34.0 Å². The number of non-ortho nitro benzene ring substituents is 1. The number of halogens is 4. The van der Waals surface area contributed by atoms with Crippen LogP contribution >= 0.6 is 11.6 Å². The number of benzene rings is 1. The van der Waals surface area contributed by atoms with Crippen molar-refractivity contribution in [2.45, 2.75) is 50.7 Å². The van der Waals surface area contributed by atoms with E-state index in [-0.39, 0.29) is 35.7 Å². The molecule has 2 N–H and O–H groups in total. The Kier molecular flexibility index (Phi) is 7.08. The number of methoxy groups -OCH3 is 1. The Balaban J connectivity index is 1.61. The van der Waals surface area contributed by atoms with Crippen LogP contribution in [0, 0.1) is 10.1 Å². The van der Waals surface area contributed by atoms with Crippen molar-refractivity contribution in [2.24, 2.45) is 0 Å². The third-order valence-corrected chi connectivity index (χ3v) is 6.73. The van der Waals surface area contributed by atoms with Crippen LogP contribution in [0.4, 0.5) is 24.7 Å². The molecule has 0 unspecified atom stereocenters. The van der Waals surface area contributed by atoms with Crippen LogP contribution in [-0.2, 0) is 28.8 Å². The first kappa shape index (κ1) is 26.0. The van der Waals surface area contributed by atoms with E-state index >= 15 is 0 Å². The van der Waals surface area contributed by atoms with Crippen LogP contribution in [0.2, 0.25) is 5.28 Å². The number of alkyl halides is 3. The number of ether oxygens (including phenoxy) is 1. The Morgan fingerprint density at radius 2 is 1.97 bits per heavy atom. The summed E-state index contributed by atoms with van der Waals surface area (Å²) < 4.78 is 45.6. The third-order valence-electron chi connectivity index (χ3n) is 6.57. The molecule has 0 saturated carbocycles. The number of fused-ring (bicyclic) bond motifs is 1. The molecule has 1 amide bonds. The Hall–Kier alpha value is -3.03. The number of aromatic nitrogens is 2. The van der Waals surface area contributed by atoms with Gasteiger partial charge < -0.3 is 20.3 Å². The highest BCUT2D eigenvalue weighted by Gasteiger charge is 2.44. The summed E-state index contributed by atoms with van der Waals surface area (Å²) in [6.07, 6.45) is -3.73. The van der Waals surface area contributed by atoms with E-state index in [9.17, 15) is 28.1 Å². The van der Waals surface area contributed by atoms with Crippen molar-refractivity contribution in [3.8, 4) is 0 Å². The van der Waals surface area contributed by atoms with Crippen molar-refractivity contribution in [1.82, 2.24) is 20.2 Å². The summed E-state index contributed by atoms with van der Waals surface area (Å²) in [6.45, 7) is 3.15. The summed E-state index contributed by atoms with van der Waals surface area (Å²) in [7, 11) is 1.51. The Bertz CT molecular complexity index is 1190. The van der Waals surface area contributed by atoms with Crippen LogP contribution in [0.25, 0.3) is 0 Å². The number of amides is 1. The number of carbonyl (C=O) groups excluding carboxylic acids is 1. The Morgan fingerprint density at radius 3 is 2.58 bits per heavy atom. The monoisotopic (exact) mass is 528 g/mol. The number of nitro benzene ring substituents is 1. The van der Waals surface area contributed by atoms with E-state index in [2.05, 4.69) is 20.6 Å².